The minimum atomic E-state index is -0.416. The van der Waals surface area contributed by atoms with E-state index in [9.17, 15) is 28.8 Å². The molecule has 15 nitrogen and oxygen atoms in total. The average molecular weight is 1060 g/mol. The van der Waals surface area contributed by atoms with E-state index in [0.29, 0.717) is 85.9 Å². The van der Waals surface area contributed by atoms with Crippen LogP contribution in [-0.2, 0) is 28.6 Å². The fraction of sp³-hybridized carbons (Fsp3) is 0.236. The van der Waals surface area contributed by atoms with Crippen LogP contribution >= 0.6 is 34.8 Å². The molecule has 384 valence electrons. The van der Waals surface area contributed by atoms with E-state index in [4.69, 9.17) is 63.2 Å². The van der Waals surface area contributed by atoms with Crippen molar-refractivity contribution in [2.75, 3.05) is 55.6 Å². The first-order chi connectivity index (χ1) is 35.3. The minimum absolute atomic E-state index is 0.147. The molecule has 73 heavy (non-hydrogen) atoms. The van der Waals surface area contributed by atoms with Crippen molar-refractivity contribution >= 4 is 87.5 Å². The maximum Gasteiger partial charge on any atom is 0.338 e. The van der Waals surface area contributed by atoms with Gasteiger partial charge in [0, 0.05) is 22.1 Å². The lowest BCUT2D eigenvalue weighted by Crippen LogP contribution is -2.20. The first-order valence-corrected chi connectivity index (χ1v) is 24.3. The maximum absolute atomic E-state index is 12.0. The number of ether oxygens (including phenoxy) is 6. The number of esters is 3. The predicted molar refractivity (Wildman–Crippen MR) is 282 cm³/mol. The van der Waals surface area contributed by atoms with Crippen molar-refractivity contribution in [1.82, 2.24) is 0 Å². The SMILES string of the molecule is CCCCOC(=O)c1cccc(NC(=O)COc2ccccc2Cl)c1.CCCOC(=O)c1cccc(NC(=O)COc2ccc(Cl)cc2)c1.CCCOC(=O)c1cccc(NC(=O)COc2ccccc2Cl)c1. The number of carbonyl (C=O) groups is 6. The van der Waals surface area contributed by atoms with Crippen LogP contribution in [0.25, 0.3) is 0 Å². The summed E-state index contributed by atoms with van der Waals surface area (Å²) in [5.74, 6) is -0.845. The molecular weight excluding hydrogens is 1000 g/mol. The number of amides is 3. The Morgan fingerprint density at radius 1 is 0.411 bits per heavy atom. The fourth-order valence-electron chi connectivity index (χ4n) is 5.80. The van der Waals surface area contributed by atoms with Crippen LogP contribution < -0.4 is 30.2 Å². The molecule has 0 atom stereocenters. The van der Waals surface area contributed by atoms with E-state index in [-0.39, 0.29) is 37.5 Å². The van der Waals surface area contributed by atoms with Crippen LogP contribution in [0.4, 0.5) is 17.1 Å². The number of carbonyl (C=O) groups excluding carboxylic acids is 6. The largest absolute Gasteiger partial charge is 0.484 e. The molecule has 0 saturated carbocycles. The Bertz CT molecular complexity index is 2740. The van der Waals surface area contributed by atoms with E-state index in [1.807, 2.05) is 20.8 Å². The van der Waals surface area contributed by atoms with Gasteiger partial charge in [0.15, 0.2) is 19.8 Å². The summed E-state index contributed by atoms with van der Waals surface area (Å²) < 4.78 is 31.4. The topological polar surface area (TPSA) is 194 Å². The van der Waals surface area contributed by atoms with Crippen LogP contribution in [0, 0.1) is 0 Å². The summed E-state index contributed by atoms with van der Waals surface area (Å²) in [6, 6.07) is 40.3. The van der Waals surface area contributed by atoms with Gasteiger partial charge in [-0.1, -0.05) is 104 Å². The Morgan fingerprint density at radius 3 is 1.15 bits per heavy atom. The molecule has 0 bridgehead atoms. The third-order valence-corrected chi connectivity index (χ3v) is 10.2. The van der Waals surface area contributed by atoms with Crippen LogP contribution in [0.5, 0.6) is 17.2 Å². The summed E-state index contributed by atoms with van der Waals surface area (Å²) >= 11 is 17.7. The van der Waals surface area contributed by atoms with Crippen molar-refractivity contribution in [2.45, 2.75) is 46.5 Å². The molecule has 6 aromatic carbocycles. The second-order valence-electron chi connectivity index (χ2n) is 15.3. The van der Waals surface area contributed by atoms with Crippen LogP contribution in [0.15, 0.2) is 146 Å². The molecule has 18 heteroatoms. The summed E-state index contributed by atoms with van der Waals surface area (Å²) in [5, 5.41) is 9.49. The van der Waals surface area contributed by atoms with Crippen LogP contribution in [0.1, 0.15) is 77.5 Å². The minimum Gasteiger partial charge on any atom is -0.484 e. The Hall–Kier alpha value is -7.59. The number of anilines is 3. The van der Waals surface area contributed by atoms with Crippen LogP contribution in [-0.4, -0.2) is 75.3 Å². The normalized spacial score (nSPS) is 10.1. The number of unbranched alkanes of at least 4 members (excludes halogenated alkanes) is 1. The van der Waals surface area contributed by atoms with Gasteiger partial charge in [0.25, 0.3) is 17.7 Å². The van der Waals surface area contributed by atoms with Gasteiger partial charge in [-0.25, -0.2) is 14.4 Å². The van der Waals surface area contributed by atoms with Crippen molar-refractivity contribution in [3.63, 3.8) is 0 Å². The molecule has 0 saturated heterocycles. The summed E-state index contributed by atoms with van der Waals surface area (Å²) in [4.78, 5) is 71.4. The number of hydrogen-bond acceptors (Lipinski definition) is 12. The Kier molecular flexibility index (Phi) is 25.7. The third kappa shape index (κ3) is 22.2. The Labute approximate surface area is 439 Å². The zero-order chi connectivity index (χ0) is 52.8. The summed E-state index contributed by atoms with van der Waals surface area (Å²) in [5.41, 5.74) is 2.66. The monoisotopic (exact) mass is 1060 g/mol. The van der Waals surface area contributed by atoms with Crippen molar-refractivity contribution in [1.29, 1.82) is 0 Å². The van der Waals surface area contributed by atoms with Crippen LogP contribution in [0.3, 0.4) is 0 Å². The quantitative estimate of drug-likeness (QED) is 0.0331. The van der Waals surface area contributed by atoms with E-state index >= 15 is 0 Å². The molecule has 0 heterocycles. The highest BCUT2D eigenvalue weighted by molar-refractivity contribution is 6.32. The second-order valence-corrected chi connectivity index (χ2v) is 16.6. The highest BCUT2D eigenvalue weighted by Gasteiger charge is 2.13. The van der Waals surface area contributed by atoms with Crippen molar-refractivity contribution in [3.05, 3.63) is 177 Å². The number of benzene rings is 6. The summed E-state index contributed by atoms with van der Waals surface area (Å²) in [6.45, 7) is 6.46. The van der Waals surface area contributed by atoms with E-state index < -0.39 is 17.9 Å². The van der Waals surface area contributed by atoms with E-state index in [2.05, 4.69) is 16.0 Å². The number of hydrogen-bond donors (Lipinski definition) is 3. The van der Waals surface area contributed by atoms with Gasteiger partial charge in [-0.05, 0) is 122 Å². The standard InChI is InChI=1S/C19H20ClNO4.2C18H18ClNO4/c1-2-3-11-24-19(23)14-7-6-8-15(12-14)21-18(22)13-25-17-10-5-4-9-16(17)20;1-2-10-23-18(22)13-6-5-7-14(11-13)20-17(21)12-24-16-9-4-3-8-15(16)19;1-2-10-23-18(22)13-4-3-5-15(11-13)20-17(21)12-24-16-8-6-14(19)7-9-16/h4-10,12H,2-3,11,13H2,1H3,(H,21,22);2*3-9,11H,2,10,12H2,1H3,(H,20,21). The average Bonchev–Trinajstić information content (AvgIpc) is 3.39. The van der Waals surface area contributed by atoms with Gasteiger partial charge in [-0.2, -0.15) is 0 Å². The molecule has 0 aliphatic rings. The molecule has 6 aromatic rings. The molecule has 0 fully saturated rings. The molecule has 0 unspecified atom stereocenters. The number of rotatable bonds is 22. The molecule has 0 spiro atoms. The smallest absolute Gasteiger partial charge is 0.338 e. The molecule has 3 amide bonds. The maximum atomic E-state index is 12.0. The third-order valence-electron chi connectivity index (χ3n) is 9.33. The number of halogens is 3. The molecule has 0 aliphatic carbocycles. The van der Waals surface area contributed by atoms with Gasteiger partial charge in [-0.3, -0.25) is 14.4 Å². The van der Waals surface area contributed by atoms with Gasteiger partial charge in [0.1, 0.15) is 17.2 Å². The summed E-state index contributed by atoms with van der Waals surface area (Å²) in [7, 11) is 0. The first-order valence-electron chi connectivity index (χ1n) is 23.1. The lowest BCUT2D eigenvalue weighted by Gasteiger charge is -2.09. The van der Waals surface area contributed by atoms with E-state index in [0.717, 1.165) is 25.7 Å². The van der Waals surface area contributed by atoms with Gasteiger partial charge < -0.3 is 44.4 Å². The van der Waals surface area contributed by atoms with Gasteiger partial charge >= 0.3 is 17.9 Å². The van der Waals surface area contributed by atoms with Gasteiger partial charge in [0.2, 0.25) is 0 Å². The lowest BCUT2D eigenvalue weighted by molar-refractivity contribution is -0.118. The number of nitrogens with one attached hydrogen (secondary N) is 3. The Balaban J connectivity index is 0.000000237. The first kappa shape index (κ1) is 58.0. The highest BCUT2D eigenvalue weighted by Crippen LogP contribution is 2.24. The fourth-order valence-corrected chi connectivity index (χ4v) is 6.31. The zero-order valence-electron chi connectivity index (χ0n) is 40.5. The van der Waals surface area contributed by atoms with Crippen LogP contribution in [0.2, 0.25) is 15.1 Å². The molecule has 6 rings (SSSR count). The zero-order valence-corrected chi connectivity index (χ0v) is 42.7. The van der Waals surface area contributed by atoms with Gasteiger partial charge in [0.05, 0.1) is 46.6 Å². The van der Waals surface area contributed by atoms with Crippen molar-refractivity contribution in [3.8, 4) is 17.2 Å². The van der Waals surface area contributed by atoms with Crippen molar-refractivity contribution in [2.24, 2.45) is 0 Å². The molecule has 0 aliphatic heterocycles. The molecule has 0 aromatic heterocycles. The highest BCUT2D eigenvalue weighted by atomic mass is 35.5. The van der Waals surface area contributed by atoms with Gasteiger partial charge in [-0.15, -0.1) is 0 Å². The lowest BCUT2D eigenvalue weighted by atomic mass is 10.2. The predicted octanol–water partition coefficient (Wildman–Crippen LogP) is 12.2. The second kappa shape index (κ2) is 32.4. The van der Waals surface area contributed by atoms with E-state index in [1.165, 1.54) is 0 Å². The number of para-hydroxylation sites is 2. The molecule has 0 radical (unpaired) electrons. The summed E-state index contributed by atoms with van der Waals surface area (Å²) in [6.07, 6.45) is 3.28. The molecule has 3 N–H and O–H groups in total. The van der Waals surface area contributed by atoms with E-state index in [1.54, 1.807) is 146 Å². The Morgan fingerprint density at radius 2 is 0.781 bits per heavy atom. The van der Waals surface area contributed by atoms with Crippen molar-refractivity contribution < 1.29 is 57.2 Å². The molecular formula is C55H56Cl3N3O12.